The highest BCUT2D eigenvalue weighted by Gasteiger charge is 2.19. The van der Waals surface area contributed by atoms with Crippen LogP contribution >= 0.6 is 0 Å². The smallest absolute Gasteiger partial charge is 0.171 e. The van der Waals surface area contributed by atoms with E-state index in [1.54, 1.807) is 6.07 Å². The second-order valence-corrected chi connectivity index (χ2v) is 4.16. The van der Waals surface area contributed by atoms with E-state index >= 15 is 0 Å². The van der Waals surface area contributed by atoms with E-state index in [0.717, 1.165) is 6.07 Å². The third-order valence-electron chi connectivity index (χ3n) is 3.00. The maximum atomic E-state index is 14.1. The topological polar surface area (TPSA) is 38.7 Å². The number of rotatable bonds is 4. The summed E-state index contributed by atoms with van der Waals surface area (Å²) >= 11 is 0. The Morgan fingerprint density at radius 3 is 2.35 bits per heavy atom. The average molecular weight is 280 g/mol. The van der Waals surface area contributed by atoms with Gasteiger partial charge in [0, 0.05) is 5.56 Å². The molecule has 5 heteroatoms. The maximum absolute atomic E-state index is 14.1. The first-order valence-electron chi connectivity index (χ1n) is 5.92. The van der Waals surface area contributed by atoms with Gasteiger partial charge in [0.1, 0.15) is 6.10 Å². The van der Waals surface area contributed by atoms with Crippen molar-refractivity contribution in [1.29, 1.82) is 0 Å². The number of ether oxygens (including phenoxy) is 2. The minimum absolute atomic E-state index is 0.00939. The van der Waals surface area contributed by atoms with Crippen molar-refractivity contribution in [3.05, 3.63) is 59.2 Å². The summed E-state index contributed by atoms with van der Waals surface area (Å²) in [5.74, 6) is -1.17. The van der Waals surface area contributed by atoms with E-state index in [9.17, 15) is 13.9 Å². The van der Waals surface area contributed by atoms with E-state index in [-0.39, 0.29) is 17.1 Å². The molecule has 1 N–H and O–H groups in total. The molecule has 20 heavy (non-hydrogen) atoms. The summed E-state index contributed by atoms with van der Waals surface area (Å²) in [5, 5.41) is 10.2. The Kier molecular flexibility index (Phi) is 4.20. The largest absolute Gasteiger partial charge is 0.494 e. The molecular formula is C15H14F2O3. The first kappa shape index (κ1) is 14.3. The number of halogens is 2. The number of aliphatic hydroxyl groups is 1. The summed E-state index contributed by atoms with van der Waals surface area (Å²) in [5.41, 5.74) is 0.383. The third kappa shape index (κ3) is 2.58. The molecule has 0 amide bonds. The van der Waals surface area contributed by atoms with Crippen molar-refractivity contribution in [2.24, 2.45) is 0 Å². The highest BCUT2D eigenvalue weighted by Crippen LogP contribution is 2.31. The van der Waals surface area contributed by atoms with Crippen LogP contribution in [0.3, 0.4) is 0 Å². The van der Waals surface area contributed by atoms with E-state index < -0.39 is 17.7 Å². The lowest BCUT2D eigenvalue weighted by molar-refractivity contribution is 0.212. The Labute approximate surface area is 115 Å². The van der Waals surface area contributed by atoms with Crippen LogP contribution in [0.1, 0.15) is 17.2 Å². The maximum Gasteiger partial charge on any atom is 0.171 e. The van der Waals surface area contributed by atoms with Gasteiger partial charge in [-0.15, -0.1) is 0 Å². The zero-order valence-electron chi connectivity index (χ0n) is 11.1. The van der Waals surface area contributed by atoms with Crippen LogP contribution in [0.4, 0.5) is 8.78 Å². The minimum Gasteiger partial charge on any atom is -0.494 e. The lowest BCUT2D eigenvalue weighted by atomic mass is 10.0. The summed E-state index contributed by atoms with van der Waals surface area (Å²) in [6, 6.07) is 8.34. The van der Waals surface area contributed by atoms with Crippen molar-refractivity contribution in [3.8, 4) is 11.5 Å². The molecule has 0 bridgehead atoms. The SMILES string of the molecule is COc1cc(C(O)c2cccc(OC)c2F)ccc1F. The van der Waals surface area contributed by atoms with Gasteiger partial charge in [-0.1, -0.05) is 18.2 Å². The molecule has 0 fully saturated rings. The Morgan fingerprint density at radius 1 is 1.00 bits per heavy atom. The van der Waals surface area contributed by atoms with Gasteiger partial charge in [-0.25, -0.2) is 8.78 Å². The summed E-state index contributed by atoms with van der Waals surface area (Å²) in [6.07, 6.45) is -1.24. The first-order valence-corrected chi connectivity index (χ1v) is 5.92. The number of aliphatic hydroxyl groups excluding tert-OH is 1. The monoisotopic (exact) mass is 280 g/mol. The minimum atomic E-state index is -1.24. The van der Waals surface area contributed by atoms with Crippen LogP contribution in [0.15, 0.2) is 36.4 Å². The zero-order valence-corrected chi connectivity index (χ0v) is 11.1. The standard InChI is InChI=1S/C15H14F2O3/c1-19-12-5-3-4-10(14(12)17)15(18)9-6-7-11(16)13(8-9)20-2/h3-8,15,18H,1-2H3. The molecule has 2 aromatic rings. The highest BCUT2D eigenvalue weighted by atomic mass is 19.1. The van der Waals surface area contributed by atoms with Crippen LogP contribution in [-0.4, -0.2) is 19.3 Å². The molecule has 106 valence electrons. The Bertz CT molecular complexity index is 614. The first-order chi connectivity index (χ1) is 9.58. The van der Waals surface area contributed by atoms with Crippen molar-refractivity contribution < 1.29 is 23.4 Å². The zero-order chi connectivity index (χ0) is 14.7. The Balaban J connectivity index is 2.43. The van der Waals surface area contributed by atoms with E-state index in [2.05, 4.69) is 0 Å². The molecule has 0 radical (unpaired) electrons. The molecule has 2 rings (SSSR count). The van der Waals surface area contributed by atoms with Crippen molar-refractivity contribution in [3.63, 3.8) is 0 Å². The fourth-order valence-corrected chi connectivity index (χ4v) is 1.92. The molecule has 1 atom stereocenters. The Morgan fingerprint density at radius 2 is 1.70 bits per heavy atom. The van der Waals surface area contributed by atoms with Gasteiger partial charge in [-0.2, -0.15) is 0 Å². The van der Waals surface area contributed by atoms with Crippen LogP contribution in [0, 0.1) is 11.6 Å². The van der Waals surface area contributed by atoms with Crippen molar-refractivity contribution in [2.75, 3.05) is 14.2 Å². The van der Waals surface area contributed by atoms with E-state index in [1.807, 2.05) is 0 Å². The van der Waals surface area contributed by atoms with Gasteiger partial charge in [0.05, 0.1) is 14.2 Å². The van der Waals surface area contributed by atoms with Crippen molar-refractivity contribution in [1.82, 2.24) is 0 Å². The number of methoxy groups -OCH3 is 2. The lowest BCUT2D eigenvalue weighted by Gasteiger charge is -2.15. The van der Waals surface area contributed by atoms with E-state index in [0.29, 0.717) is 5.56 Å². The van der Waals surface area contributed by atoms with Gasteiger partial charge in [-0.3, -0.25) is 0 Å². The highest BCUT2D eigenvalue weighted by molar-refractivity contribution is 5.40. The third-order valence-corrected chi connectivity index (χ3v) is 3.00. The number of benzene rings is 2. The van der Waals surface area contributed by atoms with E-state index in [4.69, 9.17) is 9.47 Å². The lowest BCUT2D eigenvalue weighted by Crippen LogP contribution is -2.04. The molecule has 0 saturated carbocycles. The second kappa shape index (κ2) is 5.88. The predicted molar refractivity (Wildman–Crippen MR) is 70.0 cm³/mol. The molecule has 0 aliphatic carbocycles. The van der Waals surface area contributed by atoms with Gasteiger partial charge in [0.15, 0.2) is 23.1 Å². The van der Waals surface area contributed by atoms with Gasteiger partial charge >= 0.3 is 0 Å². The number of hydrogen-bond acceptors (Lipinski definition) is 3. The molecular weight excluding hydrogens is 266 g/mol. The van der Waals surface area contributed by atoms with Crippen molar-refractivity contribution >= 4 is 0 Å². The van der Waals surface area contributed by atoms with Gasteiger partial charge in [-0.05, 0) is 23.8 Å². The second-order valence-electron chi connectivity index (χ2n) is 4.16. The quantitative estimate of drug-likeness (QED) is 0.935. The van der Waals surface area contributed by atoms with Gasteiger partial charge in [0.25, 0.3) is 0 Å². The van der Waals surface area contributed by atoms with Crippen LogP contribution in [0.2, 0.25) is 0 Å². The van der Waals surface area contributed by atoms with Gasteiger partial charge in [0.2, 0.25) is 0 Å². The molecule has 0 aliphatic rings. The molecule has 0 aromatic heterocycles. The van der Waals surface area contributed by atoms with E-state index in [1.165, 1.54) is 38.5 Å². The fraction of sp³-hybridized carbons (Fsp3) is 0.200. The molecule has 3 nitrogen and oxygen atoms in total. The summed E-state index contributed by atoms with van der Waals surface area (Å²) < 4.78 is 37.1. The molecule has 0 saturated heterocycles. The van der Waals surface area contributed by atoms with Crippen LogP contribution in [-0.2, 0) is 0 Å². The average Bonchev–Trinajstić information content (AvgIpc) is 2.47. The van der Waals surface area contributed by atoms with Crippen LogP contribution in [0.25, 0.3) is 0 Å². The van der Waals surface area contributed by atoms with Crippen molar-refractivity contribution in [2.45, 2.75) is 6.10 Å². The normalized spacial score (nSPS) is 12.1. The Hall–Kier alpha value is -2.14. The molecule has 2 aromatic carbocycles. The van der Waals surface area contributed by atoms with Crippen LogP contribution < -0.4 is 9.47 Å². The molecule has 1 unspecified atom stereocenters. The fourth-order valence-electron chi connectivity index (χ4n) is 1.92. The molecule has 0 spiro atoms. The molecule has 0 heterocycles. The number of hydrogen-bond donors (Lipinski definition) is 1. The summed E-state index contributed by atoms with van der Waals surface area (Å²) in [4.78, 5) is 0. The summed E-state index contributed by atoms with van der Waals surface area (Å²) in [6.45, 7) is 0. The van der Waals surface area contributed by atoms with Gasteiger partial charge < -0.3 is 14.6 Å². The predicted octanol–water partition coefficient (Wildman–Crippen LogP) is 3.06. The summed E-state index contributed by atoms with van der Waals surface area (Å²) in [7, 11) is 2.66. The van der Waals surface area contributed by atoms with Crippen LogP contribution in [0.5, 0.6) is 11.5 Å². The molecule has 0 aliphatic heterocycles.